The molecule has 2 aliphatic rings. The second-order valence-electron chi connectivity index (χ2n) is 4.93. The van der Waals surface area contributed by atoms with E-state index in [4.69, 9.17) is 4.42 Å². The average molecular weight is 270 g/mol. The Bertz CT molecular complexity index is 379. The molecule has 1 aliphatic heterocycles. The summed E-state index contributed by atoms with van der Waals surface area (Å²) in [4.78, 5) is 0. The van der Waals surface area contributed by atoms with Crippen LogP contribution in [-0.4, -0.2) is 6.54 Å². The normalized spacial score (nSPS) is 28.3. The monoisotopic (exact) mass is 269 g/mol. The van der Waals surface area contributed by atoms with Crippen molar-refractivity contribution in [1.82, 2.24) is 5.32 Å². The summed E-state index contributed by atoms with van der Waals surface area (Å²) in [5.41, 5.74) is 1.66. The molecule has 1 atom stereocenters. The van der Waals surface area contributed by atoms with E-state index in [1.807, 2.05) is 0 Å². The van der Waals surface area contributed by atoms with Crippen molar-refractivity contribution in [3.63, 3.8) is 0 Å². The van der Waals surface area contributed by atoms with E-state index in [0.717, 1.165) is 11.2 Å². The van der Waals surface area contributed by atoms with Crippen molar-refractivity contribution in [3.05, 3.63) is 22.1 Å². The zero-order valence-corrected chi connectivity index (χ0v) is 10.6. The van der Waals surface area contributed by atoms with Gasteiger partial charge in [0.05, 0.1) is 0 Å². The van der Waals surface area contributed by atoms with Crippen LogP contribution in [0.4, 0.5) is 0 Å². The van der Waals surface area contributed by atoms with Gasteiger partial charge in [-0.25, -0.2) is 0 Å². The Kier molecular flexibility index (Phi) is 2.22. The summed E-state index contributed by atoms with van der Waals surface area (Å²) in [7, 11) is 0. The molecule has 1 aromatic heterocycles. The smallest absolute Gasteiger partial charge is 0.169 e. The Hall–Kier alpha value is -0.280. The lowest BCUT2D eigenvalue weighted by atomic mass is 9.78. The van der Waals surface area contributed by atoms with Gasteiger partial charge in [0.2, 0.25) is 0 Å². The van der Waals surface area contributed by atoms with Crippen LogP contribution in [0, 0.1) is 0 Å². The maximum atomic E-state index is 5.89. The van der Waals surface area contributed by atoms with Gasteiger partial charge in [-0.2, -0.15) is 0 Å². The average Bonchev–Trinajstić information content (AvgIpc) is 2.80. The molecule has 15 heavy (non-hydrogen) atoms. The third-order valence-corrected chi connectivity index (χ3v) is 4.38. The molecule has 82 valence electrons. The minimum Gasteiger partial charge on any atom is -0.453 e. The Morgan fingerprint density at radius 1 is 1.47 bits per heavy atom. The van der Waals surface area contributed by atoms with E-state index >= 15 is 0 Å². The molecule has 2 heterocycles. The van der Waals surface area contributed by atoms with Crippen LogP contribution in [0.3, 0.4) is 0 Å². The van der Waals surface area contributed by atoms with Crippen LogP contribution in [0.1, 0.15) is 50.0 Å². The number of hydrogen-bond acceptors (Lipinski definition) is 2. The molecule has 0 saturated heterocycles. The number of nitrogens with one attached hydrogen (secondary N) is 1. The lowest BCUT2D eigenvalue weighted by Gasteiger charge is -2.35. The highest BCUT2D eigenvalue weighted by Crippen LogP contribution is 2.47. The quantitative estimate of drug-likeness (QED) is 0.780. The van der Waals surface area contributed by atoms with E-state index in [1.54, 1.807) is 0 Å². The van der Waals surface area contributed by atoms with Crippen molar-refractivity contribution < 1.29 is 4.42 Å². The van der Waals surface area contributed by atoms with Crippen molar-refractivity contribution in [2.45, 2.75) is 44.1 Å². The molecular formula is C12H16BrNO. The fourth-order valence-corrected chi connectivity index (χ4v) is 3.51. The first kappa shape index (κ1) is 9.91. The van der Waals surface area contributed by atoms with Gasteiger partial charge in [-0.3, -0.25) is 0 Å². The molecule has 3 heteroatoms. The summed E-state index contributed by atoms with van der Waals surface area (Å²) in [5.74, 6) is 1.25. The van der Waals surface area contributed by atoms with E-state index in [1.165, 1.54) is 37.0 Å². The van der Waals surface area contributed by atoms with Crippen LogP contribution < -0.4 is 5.32 Å². The summed E-state index contributed by atoms with van der Waals surface area (Å²) in [6.45, 7) is 3.30. The highest BCUT2D eigenvalue weighted by Gasteiger charge is 2.43. The third-order valence-electron chi connectivity index (χ3n) is 3.99. The molecule has 1 unspecified atom stereocenters. The first-order valence-electron chi connectivity index (χ1n) is 5.74. The summed E-state index contributed by atoms with van der Waals surface area (Å²) in [5, 5.41) is 3.60. The van der Waals surface area contributed by atoms with E-state index in [-0.39, 0.29) is 0 Å². The van der Waals surface area contributed by atoms with Crippen molar-refractivity contribution in [1.29, 1.82) is 0 Å². The molecule has 1 N–H and O–H groups in total. The largest absolute Gasteiger partial charge is 0.453 e. The highest BCUT2D eigenvalue weighted by atomic mass is 79.9. The number of halogens is 1. The second kappa shape index (κ2) is 3.36. The lowest BCUT2D eigenvalue weighted by Crippen LogP contribution is -2.42. The molecule has 1 aromatic rings. The van der Waals surface area contributed by atoms with Crippen LogP contribution in [0.5, 0.6) is 0 Å². The first-order chi connectivity index (χ1) is 7.21. The molecular weight excluding hydrogens is 254 g/mol. The lowest BCUT2D eigenvalue weighted by molar-refractivity contribution is 0.279. The van der Waals surface area contributed by atoms with Gasteiger partial charge in [-0.1, -0.05) is 12.8 Å². The van der Waals surface area contributed by atoms with Gasteiger partial charge >= 0.3 is 0 Å². The SMILES string of the molecule is CC1NCC2(CCCC2)c2oc(Br)cc21. The molecule has 0 amide bonds. The maximum Gasteiger partial charge on any atom is 0.169 e. The predicted octanol–water partition coefficient (Wildman–Crippen LogP) is 3.52. The van der Waals surface area contributed by atoms with Crippen molar-refractivity contribution in [2.75, 3.05) is 6.54 Å². The Balaban J connectivity index is 2.11. The molecule has 0 aromatic carbocycles. The number of furan rings is 1. The highest BCUT2D eigenvalue weighted by molar-refractivity contribution is 9.10. The zero-order chi connectivity index (χ0) is 10.5. The van der Waals surface area contributed by atoms with Gasteiger partial charge in [0.25, 0.3) is 0 Å². The van der Waals surface area contributed by atoms with Gasteiger partial charge in [0, 0.05) is 23.6 Å². The number of rotatable bonds is 0. The summed E-state index contributed by atoms with van der Waals surface area (Å²) in [6, 6.07) is 2.56. The van der Waals surface area contributed by atoms with Crippen LogP contribution in [-0.2, 0) is 5.41 Å². The molecule has 1 spiro atoms. The van der Waals surface area contributed by atoms with Crippen LogP contribution in [0.15, 0.2) is 15.2 Å². The standard InChI is InChI=1S/C12H16BrNO/c1-8-9-6-10(13)15-11(9)12(7-14-8)4-2-3-5-12/h6,8,14H,2-5,7H2,1H3. The Morgan fingerprint density at radius 3 is 2.93 bits per heavy atom. The van der Waals surface area contributed by atoms with Crippen molar-refractivity contribution >= 4 is 15.9 Å². The topological polar surface area (TPSA) is 25.2 Å². The van der Waals surface area contributed by atoms with Crippen LogP contribution in [0.25, 0.3) is 0 Å². The molecule has 1 aliphatic carbocycles. The minimum atomic E-state index is 0.299. The van der Waals surface area contributed by atoms with Crippen molar-refractivity contribution in [3.8, 4) is 0 Å². The van der Waals surface area contributed by atoms with Crippen LogP contribution >= 0.6 is 15.9 Å². The first-order valence-corrected chi connectivity index (χ1v) is 6.54. The molecule has 0 radical (unpaired) electrons. The van der Waals surface area contributed by atoms with Gasteiger partial charge < -0.3 is 9.73 Å². The van der Waals surface area contributed by atoms with Crippen molar-refractivity contribution in [2.24, 2.45) is 0 Å². The molecule has 0 bridgehead atoms. The number of fused-ring (bicyclic) bond motifs is 2. The summed E-state index contributed by atoms with van der Waals surface area (Å²) < 4.78 is 6.77. The minimum absolute atomic E-state index is 0.299. The van der Waals surface area contributed by atoms with E-state index < -0.39 is 0 Å². The zero-order valence-electron chi connectivity index (χ0n) is 8.98. The fraction of sp³-hybridized carbons (Fsp3) is 0.667. The number of hydrogen-bond donors (Lipinski definition) is 1. The van der Waals surface area contributed by atoms with E-state index in [0.29, 0.717) is 11.5 Å². The molecule has 3 rings (SSSR count). The molecule has 1 fully saturated rings. The second-order valence-corrected chi connectivity index (χ2v) is 5.71. The fourth-order valence-electron chi connectivity index (χ4n) is 3.10. The Labute approximate surface area is 98.6 Å². The Morgan fingerprint density at radius 2 is 2.20 bits per heavy atom. The third kappa shape index (κ3) is 1.40. The van der Waals surface area contributed by atoms with Crippen LogP contribution in [0.2, 0.25) is 0 Å². The summed E-state index contributed by atoms with van der Waals surface area (Å²) >= 11 is 3.46. The van der Waals surface area contributed by atoms with Gasteiger partial charge in [-0.15, -0.1) is 0 Å². The van der Waals surface area contributed by atoms with Gasteiger partial charge in [0.1, 0.15) is 5.76 Å². The molecule has 1 saturated carbocycles. The summed E-state index contributed by atoms with van der Waals surface area (Å²) in [6.07, 6.45) is 5.24. The van der Waals surface area contributed by atoms with E-state index in [9.17, 15) is 0 Å². The van der Waals surface area contributed by atoms with Gasteiger partial charge in [-0.05, 0) is 41.8 Å². The molecule has 2 nitrogen and oxygen atoms in total. The predicted molar refractivity (Wildman–Crippen MR) is 63.0 cm³/mol. The van der Waals surface area contributed by atoms with Gasteiger partial charge in [0.15, 0.2) is 4.67 Å². The maximum absolute atomic E-state index is 5.89. The van der Waals surface area contributed by atoms with E-state index in [2.05, 4.69) is 34.2 Å².